The Balaban J connectivity index is 1.01. The maximum atomic E-state index is 13.5. The third-order valence-electron chi connectivity index (χ3n) is 13.3. The van der Waals surface area contributed by atoms with Gasteiger partial charge in [-0.15, -0.1) is 0 Å². The Labute approximate surface area is 462 Å². The molecule has 5 aromatic rings. The molecule has 0 amide bonds. The molecular weight excluding hydrogens is 1060 g/mol. The van der Waals surface area contributed by atoms with Gasteiger partial charge >= 0.3 is 5.97 Å². The van der Waals surface area contributed by atoms with Crippen LogP contribution in [0.25, 0.3) is 10.4 Å². The van der Waals surface area contributed by atoms with Gasteiger partial charge in [-0.2, -0.15) is 0 Å². The van der Waals surface area contributed by atoms with E-state index in [-0.39, 0.29) is 39.6 Å². The van der Waals surface area contributed by atoms with E-state index in [1.54, 1.807) is 20.8 Å². The molecule has 9 rings (SSSR count). The zero-order valence-electron chi connectivity index (χ0n) is 42.7. The lowest BCUT2D eigenvalue weighted by Crippen LogP contribution is -2.65. The van der Waals surface area contributed by atoms with E-state index in [1.807, 2.05) is 152 Å². The minimum Gasteiger partial charge on any atom is -0.430 e. The molecule has 0 bridgehead atoms. The zero-order chi connectivity index (χ0) is 53.8. The molecule has 77 heavy (non-hydrogen) atoms. The number of rotatable bonds is 22. The van der Waals surface area contributed by atoms with Crippen LogP contribution in [0.4, 0.5) is 0 Å². The van der Waals surface area contributed by atoms with E-state index in [1.165, 1.54) is 0 Å². The highest BCUT2D eigenvalue weighted by Gasteiger charge is 2.60. The van der Waals surface area contributed by atoms with Gasteiger partial charge in [0.15, 0.2) is 18.4 Å². The van der Waals surface area contributed by atoms with Crippen LogP contribution < -0.4 is 0 Å². The van der Waals surface area contributed by atoms with Crippen LogP contribution in [-0.4, -0.2) is 115 Å². The summed E-state index contributed by atoms with van der Waals surface area (Å²) in [4.78, 5) is 16.7. The first-order valence-corrected chi connectivity index (χ1v) is 26.6. The van der Waals surface area contributed by atoms with Crippen molar-refractivity contribution in [2.75, 3.05) is 13.2 Å². The molecule has 0 radical (unpaired) electrons. The molecule has 4 heterocycles. The van der Waals surface area contributed by atoms with E-state index >= 15 is 0 Å². The van der Waals surface area contributed by atoms with Crippen LogP contribution in [0.5, 0.6) is 0 Å². The number of hydrogen-bond donors (Lipinski definition) is 0. The molecule has 14 atom stereocenters. The van der Waals surface area contributed by atoms with Crippen molar-refractivity contribution in [3.63, 3.8) is 0 Å². The maximum absolute atomic E-state index is 13.5. The first-order valence-electron chi connectivity index (χ1n) is 25.5. The number of nitrogens with zero attached hydrogens (tertiary/aromatic N) is 3. The third-order valence-corrected chi connectivity index (χ3v) is 13.8. The van der Waals surface area contributed by atoms with E-state index in [4.69, 9.17) is 96.4 Å². The summed E-state index contributed by atoms with van der Waals surface area (Å²) >= 11 is 18.3. The number of esters is 1. The summed E-state index contributed by atoms with van der Waals surface area (Å²) < 4.78 is 83.3. The van der Waals surface area contributed by atoms with Crippen molar-refractivity contribution in [1.29, 1.82) is 0 Å². The minimum atomic E-state index is -2.53. The van der Waals surface area contributed by atoms with Gasteiger partial charge in [0.2, 0.25) is 6.29 Å². The van der Waals surface area contributed by atoms with E-state index in [2.05, 4.69) is 10.0 Å². The standard InChI is InChI=1S/C57H62Cl3N3O14/c1-36-45(73-52-49(69-33-41-27-17-8-18-28-41)46(67-31-39-23-13-6-14-24-39)43(35-70-52)66-30-38-21-11-5-12-22-38)48-51(77-56(2,3)76-48)54(71-36)74-50-47(68-32-40-25-15-7-16-26-40)44(62-63-61)42(34-65-29-37-19-9-4-10-20-37)72-53(50)75-55(64)57(58,59)60/h4-28,36,42-54H,29-35H2,1-3H3/t36-,42-,43-,44?,45+,46?,47?,48?,49?,50?,51?,52+,53-,54+/m1/s1. The quantitative estimate of drug-likeness (QED) is 0.0209. The van der Waals surface area contributed by atoms with E-state index in [0.29, 0.717) is 6.61 Å². The first kappa shape index (κ1) is 57.0. The average Bonchev–Trinajstić information content (AvgIpc) is 3.84. The van der Waals surface area contributed by atoms with Crippen LogP contribution in [0.3, 0.4) is 0 Å². The van der Waals surface area contributed by atoms with E-state index in [0.717, 1.165) is 27.8 Å². The largest absolute Gasteiger partial charge is 0.430 e. The van der Waals surface area contributed by atoms with Gasteiger partial charge in [-0.3, -0.25) is 0 Å². The summed E-state index contributed by atoms with van der Waals surface area (Å²) in [5.41, 5.74) is 14.6. The lowest BCUT2D eigenvalue weighted by atomic mass is 9.95. The topological polar surface area (TPSA) is 186 Å². The number of azide groups is 1. The summed E-state index contributed by atoms with van der Waals surface area (Å²) in [6.45, 7) is 6.22. The Kier molecular flexibility index (Phi) is 19.9. The molecule has 0 aliphatic carbocycles. The molecule has 4 saturated heterocycles. The lowest BCUT2D eigenvalue weighted by Gasteiger charge is -2.48. The lowest BCUT2D eigenvalue weighted by molar-refractivity contribution is -0.364. The molecule has 0 aromatic heterocycles. The number of fused-ring (bicyclic) bond motifs is 1. The number of alkyl halides is 3. The van der Waals surface area contributed by atoms with Crippen LogP contribution in [0.1, 0.15) is 48.6 Å². The maximum Gasteiger partial charge on any atom is 0.360 e. The number of halogens is 3. The number of ether oxygens (including phenoxy) is 13. The molecule has 4 fully saturated rings. The van der Waals surface area contributed by atoms with Crippen LogP contribution in [-0.2, 0) is 99.4 Å². The second-order valence-electron chi connectivity index (χ2n) is 19.4. The molecule has 5 aromatic carbocycles. The predicted octanol–water partition coefficient (Wildman–Crippen LogP) is 10.3. The van der Waals surface area contributed by atoms with Gasteiger partial charge in [0.1, 0.15) is 48.8 Å². The molecule has 7 unspecified atom stereocenters. The Morgan fingerprint density at radius 3 is 1.58 bits per heavy atom. The predicted molar refractivity (Wildman–Crippen MR) is 282 cm³/mol. The molecular formula is C57H62Cl3N3O14. The fourth-order valence-corrected chi connectivity index (χ4v) is 9.81. The van der Waals surface area contributed by atoms with Crippen LogP contribution in [0, 0.1) is 0 Å². The first-order chi connectivity index (χ1) is 37.3. The summed E-state index contributed by atoms with van der Waals surface area (Å²) in [6, 6.07) is 47.1. The zero-order valence-corrected chi connectivity index (χ0v) is 44.9. The van der Waals surface area contributed by atoms with Crippen molar-refractivity contribution in [3.8, 4) is 0 Å². The Morgan fingerprint density at radius 2 is 1.06 bits per heavy atom. The Hall–Kier alpha value is -4.73. The monoisotopic (exact) mass is 1120 g/mol. The number of benzene rings is 5. The van der Waals surface area contributed by atoms with E-state index in [9.17, 15) is 10.3 Å². The van der Waals surface area contributed by atoms with Crippen LogP contribution in [0.15, 0.2) is 157 Å². The molecule has 0 N–H and O–H groups in total. The van der Waals surface area contributed by atoms with Crippen molar-refractivity contribution in [2.24, 2.45) is 5.11 Å². The molecule has 4 aliphatic heterocycles. The second kappa shape index (κ2) is 27.0. The van der Waals surface area contributed by atoms with Crippen molar-refractivity contribution >= 4 is 40.8 Å². The molecule has 4 aliphatic rings. The Morgan fingerprint density at radius 1 is 0.597 bits per heavy atom. The van der Waals surface area contributed by atoms with Gasteiger partial charge in [0.05, 0.1) is 64.5 Å². The summed E-state index contributed by atoms with van der Waals surface area (Å²) in [7, 11) is 0. The summed E-state index contributed by atoms with van der Waals surface area (Å²) in [6.07, 6.45) is -13.4. The van der Waals surface area contributed by atoms with Gasteiger partial charge in [0.25, 0.3) is 3.79 Å². The van der Waals surface area contributed by atoms with Crippen molar-refractivity contribution in [3.05, 3.63) is 190 Å². The van der Waals surface area contributed by atoms with Crippen molar-refractivity contribution < 1.29 is 66.4 Å². The van der Waals surface area contributed by atoms with Gasteiger partial charge in [-0.1, -0.05) is 192 Å². The smallest absolute Gasteiger partial charge is 0.360 e. The molecule has 20 heteroatoms. The minimum absolute atomic E-state index is 0.00513. The second-order valence-corrected chi connectivity index (χ2v) is 21.7. The molecule has 0 saturated carbocycles. The number of carbonyl (C=O) groups is 1. The fourth-order valence-electron chi connectivity index (χ4n) is 9.68. The molecule has 410 valence electrons. The average molecular weight is 1120 g/mol. The van der Waals surface area contributed by atoms with Gasteiger partial charge in [-0.05, 0) is 54.1 Å². The SMILES string of the molecule is C[C@H]1O[C@@H](OC2C(OCc3ccccc3)C(N=[N+]=[N-])[C@@H](COCc3ccccc3)O[C@@H]2OC(=O)C(Cl)(Cl)Cl)C2OC(C)(C)OC2[C@H]1O[C@@H]1OC[C@@H](OCc2ccccc2)C(OCc2ccccc2)C1OCc1ccccc1. The van der Waals surface area contributed by atoms with Crippen LogP contribution >= 0.6 is 34.8 Å². The number of carbonyl (C=O) groups excluding carboxylic acids is 1. The molecule has 17 nitrogen and oxygen atoms in total. The summed E-state index contributed by atoms with van der Waals surface area (Å²) in [5.74, 6) is -2.47. The highest BCUT2D eigenvalue weighted by Crippen LogP contribution is 2.43. The van der Waals surface area contributed by atoms with Gasteiger partial charge in [0, 0.05) is 4.91 Å². The van der Waals surface area contributed by atoms with Crippen LogP contribution in [0.2, 0.25) is 0 Å². The Bertz CT molecular complexity index is 2650. The van der Waals surface area contributed by atoms with Crippen molar-refractivity contribution in [2.45, 2.75) is 149 Å². The highest BCUT2D eigenvalue weighted by atomic mass is 35.6. The highest BCUT2D eigenvalue weighted by molar-refractivity contribution is 6.75. The third kappa shape index (κ3) is 15.3. The van der Waals surface area contributed by atoms with Gasteiger partial charge in [-0.25, -0.2) is 4.79 Å². The normalized spacial score (nSPS) is 29.9. The number of hydrogen-bond acceptors (Lipinski definition) is 15. The van der Waals surface area contributed by atoms with Gasteiger partial charge < -0.3 is 61.6 Å². The van der Waals surface area contributed by atoms with E-state index < -0.39 is 102 Å². The van der Waals surface area contributed by atoms with Crippen molar-refractivity contribution in [1.82, 2.24) is 0 Å². The molecule has 0 spiro atoms. The fraction of sp³-hybridized carbons (Fsp3) is 0.456. The summed E-state index contributed by atoms with van der Waals surface area (Å²) in [5, 5.41) is 4.17.